The molecule has 0 aromatic heterocycles. The average Bonchev–Trinajstić information content (AvgIpc) is 2.62. The molecule has 1 aliphatic rings. The van der Waals surface area contributed by atoms with Crippen LogP contribution in [-0.2, 0) is 9.53 Å². The Morgan fingerprint density at radius 3 is 3.15 bits per heavy atom. The second kappa shape index (κ2) is 6.92. The minimum atomic E-state index is -0.640. The van der Waals surface area contributed by atoms with E-state index in [4.69, 9.17) is 21.1 Å². The average molecular weight is 300 g/mol. The van der Waals surface area contributed by atoms with Gasteiger partial charge in [-0.2, -0.15) is 0 Å². The molecule has 1 N–H and O–H groups in total. The van der Waals surface area contributed by atoms with Crippen LogP contribution < -0.4 is 4.74 Å². The topological polar surface area (TPSA) is 59.0 Å². The summed E-state index contributed by atoms with van der Waals surface area (Å²) in [6.45, 7) is 3.26. The Kier molecular flexibility index (Phi) is 5.23. The highest BCUT2D eigenvalue weighted by atomic mass is 35.5. The van der Waals surface area contributed by atoms with Crippen LogP contribution in [0.15, 0.2) is 18.2 Å². The lowest BCUT2D eigenvalue weighted by Crippen LogP contribution is -2.40. The maximum atomic E-state index is 12.1. The molecule has 1 heterocycles. The Morgan fingerprint density at radius 1 is 1.60 bits per heavy atom. The SMILES string of the molecule is Cc1cc(Cl)ccc1OCC(=O)N1CCOC[C@H](O)C1. The first kappa shape index (κ1) is 15.1. The Hall–Kier alpha value is -1.30. The third kappa shape index (κ3) is 4.10. The van der Waals surface area contributed by atoms with Gasteiger partial charge < -0.3 is 19.5 Å². The molecule has 2 rings (SSSR count). The van der Waals surface area contributed by atoms with Crippen LogP contribution in [0.5, 0.6) is 5.75 Å². The van der Waals surface area contributed by atoms with Crippen molar-refractivity contribution >= 4 is 17.5 Å². The van der Waals surface area contributed by atoms with Crippen LogP contribution in [0, 0.1) is 6.92 Å². The first-order valence-corrected chi connectivity index (χ1v) is 6.86. The molecule has 1 aromatic rings. The van der Waals surface area contributed by atoms with Crippen LogP contribution in [0.25, 0.3) is 0 Å². The molecule has 5 nitrogen and oxygen atoms in total. The number of carbonyl (C=O) groups is 1. The molecular weight excluding hydrogens is 282 g/mol. The van der Waals surface area contributed by atoms with Gasteiger partial charge in [0.15, 0.2) is 6.61 Å². The molecule has 0 bridgehead atoms. The lowest BCUT2D eigenvalue weighted by atomic mass is 10.2. The van der Waals surface area contributed by atoms with E-state index >= 15 is 0 Å². The molecule has 1 saturated heterocycles. The number of aliphatic hydroxyl groups is 1. The lowest BCUT2D eigenvalue weighted by Gasteiger charge is -2.21. The standard InChI is InChI=1S/C14H18ClNO4/c1-10-6-11(15)2-3-13(10)20-9-14(18)16-4-5-19-8-12(17)7-16/h2-3,6,12,17H,4-5,7-9H2,1H3/t12-/m1/s1. The third-order valence-electron chi connectivity index (χ3n) is 3.09. The fourth-order valence-electron chi connectivity index (χ4n) is 2.02. The number of aliphatic hydroxyl groups excluding tert-OH is 1. The Balaban J connectivity index is 1.91. The van der Waals surface area contributed by atoms with Crippen molar-refractivity contribution in [2.75, 3.05) is 32.9 Å². The fourth-order valence-corrected chi connectivity index (χ4v) is 2.25. The summed E-state index contributed by atoms with van der Waals surface area (Å²) in [7, 11) is 0. The van der Waals surface area contributed by atoms with Gasteiger partial charge in [0.1, 0.15) is 5.75 Å². The van der Waals surface area contributed by atoms with E-state index in [0.717, 1.165) is 5.56 Å². The molecule has 6 heteroatoms. The molecule has 1 aromatic carbocycles. The highest BCUT2D eigenvalue weighted by molar-refractivity contribution is 6.30. The highest BCUT2D eigenvalue weighted by Gasteiger charge is 2.21. The van der Waals surface area contributed by atoms with E-state index in [1.165, 1.54) is 0 Å². The van der Waals surface area contributed by atoms with E-state index in [1.54, 1.807) is 23.1 Å². The van der Waals surface area contributed by atoms with E-state index in [2.05, 4.69) is 0 Å². The van der Waals surface area contributed by atoms with Crippen LogP contribution in [0.2, 0.25) is 5.02 Å². The summed E-state index contributed by atoms with van der Waals surface area (Å²) in [6, 6.07) is 5.24. The van der Waals surface area contributed by atoms with E-state index in [0.29, 0.717) is 23.9 Å². The van der Waals surface area contributed by atoms with Crippen LogP contribution in [0.4, 0.5) is 0 Å². The third-order valence-corrected chi connectivity index (χ3v) is 3.32. The lowest BCUT2D eigenvalue weighted by molar-refractivity contribution is -0.134. The summed E-state index contributed by atoms with van der Waals surface area (Å²) in [5.74, 6) is 0.471. The van der Waals surface area contributed by atoms with Gasteiger partial charge >= 0.3 is 0 Å². The molecule has 20 heavy (non-hydrogen) atoms. The minimum absolute atomic E-state index is 0.0603. The number of halogens is 1. The van der Waals surface area contributed by atoms with Gasteiger partial charge in [-0.1, -0.05) is 11.6 Å². The van der Waals surface area contributed by atoms with Crippen LogP contribution >= 0.6 is 11.6 Å². The summed E-state index contributed by atoms with van der Waals surface area (Å²) in [4.78, 5) is 13.6. The summed E-state index contributed by atoms with van der Waals surface area (Å²) in [5, 5.41) is 10.2. The van der Waals surface area contributed by atoms with Gasteiger partial charge in [0, 0.05) is 18.1 Å². The van der Waals surface area contributed by atoms with Gasteiger partial charge in [0.05, 0.1) is 19.3 Å². The van der Waals surface area contributed by atoms with Crippen molar-refractivity contribution in [1.29, 1.82) is 0 Å². The molecule has 1 amide bonds. The van der Waals surface area contributed by atoms with Crippen molar-refractivity contribution in [3.05, 3.63) is 28.8 Å². The van der Waals surface area contributed by atoms with E-state index in [9.17, 15) is 9.90 Å². The normalized spacial score (nSPS) is 19.6. The van der Waals surface area contributed by atoms with Crippen LogP contribution in [0.3, 0.4) is 0 Å². The molecular formula is C14H18ClNO4. The molecule has 1 atom stereocenters. The molecule has 0 spiro atoms. The molecule has 1 aliphatic heterocycles. The highest BCUT2D eigenvalue weighted by Crippen LogP contribution is 2.21. The molecule has 0 unspecified atom stereocenters. The molecule has 0 aliphatic carbocycles. The number of rotatable bonds is 3. The van der Waals surface area contributed by atoms with Crippen molar-refractivity contribution in [1.82, 2.24) is 4.90 Å². The first-order chi connectivity index (χ1) is 9.56. The number of hydrogen-bond donors (Lipinski definition) is 1. The summed E-state index contributed by atoms with van der Waals surface area (Å²) < 4.78 is 10.7. The predicted octanol–water partition coefficient (Wildman–Crippen LogP) is 1.25. The maximum absolute atomic E-state index is 12.1. The van der Waals surface area contributed by atoms with Crippen molar-refractivity contribution in [3.8, 4) is 5.75 Å². The maximum Gasteiger partial charge on any atom is 0.260 e. The quantitative estimate of drug-likeness (QED) is 0.912. The predicted molar refractivity (Wildman–Crippen MR) is 75.1 cm³/mol. The second-order valence-corrected chi connectivity index (χ2v) is 5.20. The smallest absolute Gasteiger partial charge is 0.260 e. The van der Waals surface area contributed by atoms with Gasteiger partial charge in [-0.25, -0.2) is 0 Å². The van der Waals surface area contributed by atoms with Crippen molar-refractivity contribution in [3.63, 3.8) is 0 Å². The van der Waals surface area contributed by atoms with Gasteiger partial charge in [-0.15, -0.1) is 0 Å². The number of nitrogens with zero attached hydrogens (tertiary/aromatic N) is 1. The van der Waals surface area contributed by atoms with E-state index in [-0.39, 0.29) is 25.7 Å². The number of β-amino-alcohol motifs (C(OH)–C–C–N with tert-alkyl or cyclic N) is 1. The van der Waals surface area contributed by atoms with E-state index in [1.807, 2.05) is 6.92 Å². The number of ether oxygens (including phenoxy) is 2. The van der Waals surface area contributed by atoms with Gasteiger partial charge in [-0.05, 0) is 30.7 Å². The molecule has 0 radical (unpaired) electrons. The Morgan fingerprint density at radius 2 is 2.40 bits per heavy atom. The summed E-state index contributed by atoms with van der Waals surface area (Å²) in [6.07, 6.45) is -0.640. The summed E-state index contributed by atoms with van der Waals surface area (Å²) in [5.41, 5.74) is 0.879. The zero-order chi connectivity index (χ0) is 14.5. The minimum Gasteiger partial charge on any atom is -0.483 e. The Labute approximate surface area is 123 Å². The Bertz CT molecular complexity index is 480. The van der Waals surface area contributed by atoms with Gasteiger partial charge in [-0.3, -0.25) is 4.79 Å². The first-order valence-electron chi connectivity index (χ1n) is 6.49. The van der Waals surface area contributed by atoms with Crippen LogP contribution in [0.1, 0.15) is 5.56 Å². The monoisotopic (exact) mass is 299 g/mol. The number of aryl methyl sites for hydroxylation is 1. The van der Waals surface area contributed by atoms with E-state index < -0.39 is 6.10 Å². The zero-order valence-electron chi connectivity index (χ0n) is 11.3. The van der Waals surface area contributed by atoms with Crippen molar-refractivity contribution in [2.45, 2.75) is 13.0 Å². The molecule has 0 saturated carbocycles. The van der Waals surface area contributed by atoms with Crippen LogP contribution in [-0.4, -0.2) is 54.9 Å². The van der Waals surface area contributed by atoms with Crippen molar-refractivity contribution < 1.29 is 19.4 Å². The van der Waals surface area contributed by atoms with Gasteiger partial charge in [0.2, 0.25) is 0 Å². The fraction of sp³-hybridized carbons (Fsp3) is 0.500. The number of carbonyl (C=O) groups excluding carboxylic acids is 1. The number of hydrogen-bond acceptors (Lipinski definition) is 4. The number of amides is 1. The summed E-state index contributed by atoms with van der Waals surface area (Å²) >= 11 is 5.86. The zero-order valence-corrected chi connectivity index (χ0v) is 12.1. The van der Waals surface area contributed by atoms with Crippen molar-refractivity contribution in [2.24, 2.45) is 0 Å². The molecule has 110 valence electrons. The molecule has 1 fully saturated rings. The number of benzene rings is 1. The largest absolute Gasteiger partial charge is 0.483 e. The van der Waals surface area contributed by atoms with Gasteiger partial charge in [0.25, 0.3) is 5.91 Å². The second-order valence-electron chi connectivity index (χ2n) is 4.77.